The Balaban J connectivity index is 2.39. The maximum Gasteiger partial charge on any atom is 0.414 e. The van der Waals surface area contributed by atoms with Gasteiger partial charge < -0.3 is 10.1 Å². The van der Waals surface area contributed by atoms with E-state index in [9.17, 15) is 9.59 Å². The number of nitrogens with zero attached hydrogens (tertiary/aromatic N) is 1. The monoisotopic (exact) mass is 248 g/mol. The summed E-state index contributed by atoms with van der Waals surface area (Å²) in [7, 11) is 0. The van der Waals surface area contributed by atoms with Crippen molar-refractivity contribution in [3.05, 3.63) is 24.3 Å². The summed E-state index contributed by atoms with van der Waals surface area (Å²) in [6.45, 7) is 4.18. The highest BCUT2D eigenvalue weighted by Gasteiger charge is 2.29. The molecule has 1 heterocycles. The molecule has 2 rings (SSSR count). The van der Waals surface area contributed by atoms with E-state index in [1.807, 2.05) is 12.1 Å². The quantitative estimate of drug-likeness (QED) is 0.829. The van der Waals surface area contributed by atoms with Gasteiger partial charge in [0.1, 0.15) is 0 Å². The highest BCUT2D eigenvalue weighted by molar-refractivity contribution is 6.02. The lowest BCUT2D eigenvalue weighted by molar-refractivity contribution is -0.119. The summed E-state index contributed by atoms with van der Waals surface area (Å²) in [5.41, 5.74) is 1.31. The average molecular weight is 248 g/mol. The number of para-hydroxylation sites is 2. The van der Waals surface area contributed by atoms with Gasteiger partial charge in [-0.3, -0.25) is 9.69 Å². The topological polar surface area (TPSA) is 58.6 Å². The van der Waals surface area contributed by atoms with Gasteiger partial charge in [-0.25, -0.2) is 4.79 Å². The molecule has 0 aromatic heterocycles. The molecule has 18 heavy (non-hydrogen) atoms. The number of hydrogen-bond acceptors (Lipinski definition) is 3. The largest absolute Gasteiger partial charge is 0.449 e. The Morgan fingerprint density at radius 2 is 2.22 bits per heavy atom. The van der Waals surface area contributed by atoms with Gasteiger partial charge in [0.2, 0.25) is 5.91 Å². The van der Waals surface area contributed by atoms with Crippen LogP contribution in [0.2, 0.25) is 0 Å². The Kier molecular flexibility index (Phi) is 3.50. The van der Waals surface area contributed by atoms with E-state index in [2.05, 4.69) is 5.32 Å². The maximum atomic E-state index is 11.9. The fourth-order valence-electron chi connectivity index (χ4n) is 1.90. The lowest BCUT2D eigenvalue weighted by Crippen LogP contribution is -2.36. The summed E-state index contributed by atoms with van der Waals surface area (Å²) < 4.78 is 5.03. The first-order valence-corrected chi connectivity index (χ1v) is 5.97. The number of carbonyl (C=O) groups is 2. The number of hydrogen-bond donors (Lipinski definition) is 1. The van der Waals surface area contributed by atoms with Gasteiger partial charge in [-0.05, 0) is 19.1 Å². The van der Waals surface area contributed by atoms with Crippen molar-refractivity contribution in [1.82, 2.24) is 0 Å². The molecule has 0 spiro atoms. The van der Waals surface area contributed by atoms with Crippen LogP contribution >= 0.6 is 0 Å². The van der Waals surface area contributed by atoms with Gasteiger partial charge >= 0.3 is 6.09 Å². The lowest BCUT2D eigenvalue weighted by atomic mass is 10.1. The van der Waals surface area contributed by atoms with Crippen LogP contribution in [0.4, 0.5) is 16.2 Å². The van der Waals surface area contributed by atoms with Crippen LogP contribution in [0.5, 0.6) is 0 Å². The van der Waals surface area contributed by atoms with Gasteiger partial charge in [0, 0.05) is 6.54 Å². The standard InChI is InChI=1S/C13H16N2O3/c1-3-18-13(17)15-8-9(2)12(16)14-10-6-4-5-7-11(10)15/h4-7,9H,3,8H2,1-2H3,(H,14,16). The molecule has 96 valence electrons. The smallest absolute Gasteiger partial charge is 0.414 e. The molecule has 5 nitrogen and oxygen atoms in total. The summed E-state index contributed by atoms with van der Waals surface area (Å²) in [6, 6.07) is 7.22. The predicted octanol–water partition coefficient (Wildman–Crippen LogP) is 2.24. The van der Waals surface area contributed by atoms with E-state index in [1.165, 1.54) is 4.90 Å². The molecule has 0 radical (unpaired) electrons. The minimum absolute atomic E-state index is 0.0887. The molecule has 0 bridgehead atoms. The number of fused-ring (bicyclic) bond motifs is 1. The Hall–Kier alpha value is -2.04. The molecule has 2 amide bonds. The minimum atomic E-state index is -0.423. The molecule has 1 N–H and O–H groups in total. The number of anilines is 2. The molecule has 0 saturated heterocycles. The van der Waals surface area contributed by atoms with Crippen LogP contribution in [-0.2, 0) is 9.53 Å². The van der Waals surface area contributed by atoms with E-state index in [1.54, 1.807) is 26.0 Å². The molecule has 1 aliphatic heterocycles. The van der Waals surface area contributed by atoms with E-state index in [0.717, 1.165) is 0 Å². The highest BCUT2D eigenvalue weighted by Crippen LogP contribution is 2.30. The van der Waals surface area contributed by atoms with E-state index in [0.29, 0.717) is 24.5 Å². The van der Waals surface area contributed by atoms with E-state index < -0.39 is 6.09 Å². The second kappa shape index (κ2) is 5.08. The number of rotatable bonds is 1. The zero-order chi connectivity index (χ0) is 13.1. The third-order valence-corrected chi connectivity index (χ3v) is 2.84. The van der Waals surface area contributed by atoms with Crippen LogP contribution in [0.3, 0.4) is 0 Å². The summed E-state index contributed by atoms with van der Waals surface area (Å²) in [5, 5.41) is 2.81. The van der Waals surface area contributed by atoms with Crippen LogP contribution < -0.4 is 10.2 Å². The van der Waals surface area contributed by atoms with Gasteiger partial charge in [-0.1, -0.05) is 19.1 Å². The fourth-order valence-corrected chi connectivity index (χ4v) is 1.90. The van der Waals surface area contributed by atoms with Crippen molar-refractivity contribution in [1.29, 1.82) is 0 Å². The third kappa shape index (κ3) is 2.30. The predicted molar refractivity (Wildman–Crippen MR) is 68.6 cm³/mol. The number of benzene rings is 1. The first-order chi connectivity index (χ1) is 8.63. The normalized spacial score (nSPS) is 18.7. The van der Waals surface area contributed by atoms with E-state index in [4.69, 9.17) is 4.74 Å². The Morgan fingerprint density at radius 3 is 2.94 bits per heavy atom. The molecule has 1 aliphatic rings. The van der Waals surface area contributed by atoms with Crippen LogP contribution in [0, 0.1) is 5.92 Å². The van der Waals surface area contributed by atoms with Crippen LogP contribution in [-0.4, -0.2) is 25.2 Å². The summed E-state index contributed by atoms with van der Waals surface area (Å²) in [6.07, 6.45) is -0.423. The van der Waals surface area contributed by atoms with Crippen molar-refractivity contribution in [2.45, 2.75) is 13.8 Å². The van der Waals surface area contributed by atoms with Gasteiger partial charge in [0.15, 0.2) is 0 Å². The summed E-state index contributed by atoms with van der Waals surface area (Å²) in [4.78, 5) is 25.2. The number of carbonyl (C=O) groups excluding carboxylic acids is 2. The zero-order valence-corrected chi connectivity index (χ0v) is 10.5. The molecule has 1 unspecified atom stereocenters. The van der Waals surface area contributed by atoms with E-state index >= 15 is 0 Å². The fraction of sp³-hybridized carbons (Fsp3) is 0.385. The number of nitrogens with one attached hydrogen (secondary N) is 1. The van der Waals surface area contributed by atoms with Crippen molar-refractivity contribution in [2.75, 3.05) is 23.4 Å². The molecule has 1 atom stereocenters. The minimum Gasteiger partial charge on any atom is -0.449 e. The van der Waals surface area contributed by atoms with Crippen LogP contribution in [0.1, 0.15) is 13.8 Å². The van der Waals surface area contributed by atoms with Crippen molar-refractivity contribution in [2.24, 2.45) is 5.92 Å². The first kappa shape index (κ1) is 12.4. The van der Waals surface area contributed by atoms with Crippen LogP contribution in [0.25, 0.3) is 0 Å². The van der Waals surface area contributed by atoms with Crippen LogP contribution in [0.15, 0.2) is 24.3 Å². The second-order valence-corrected chi connectivity index (χ2v) is 4.22. The molecule has 5 heteroatoms. The molecule has 0 aliphatic carbocycles. The highest BCUT2D eigenvalue weighted by atomic mass is 16.6. The maximum absolute atomic E-state index is 11.9. The molecule has 0 saturated carbocycles. The van der Waals surface area contributed by atoms with Crippen molar-refractivity contribution in [3.8, 4) is 0 Å². The molecule has 0 fully saturated rings. The third-order valence-electron chi connectivity index (χ3n) is 2.84. The SMILES string of the molecule is CCOC(=O)N1CC(C)C(=O)Nc2ccccc21. The van der Waals surface area contributed by atoms with Crippen molar-refractivity contribution < 1.29 is 14.3 Å². The van der Waals surface area contributed by atoms with Gasteiger partial charge in [0.05, 0.1) is 23.9 Å². The molecular formula is C13H16N2O3. The average Bonchev–Trinajstić information content (AvgIpc) is 2.48. The number of ether oxygens (including phenoxy) is 1. The molecular weight excluding hydrogens is 232 g/mol. The second-order valence-electron chi connectivity index (χ2n) is 4.22. The summed E-state index contributed by atoms with van der Waals surface area (Å²) >= 11 is 0. The van der Waals surface area contributed by atoms with Crippen molar-refractivity contribution in [3.63, 3.8) is 0 Å². The summed E-state index contributed by atoms with van der Waals surface area (Å²) in [5.74, 6) is -0.365. The van der Waals surface area contributed by atoms with E-state index in [-0.39, 0.29) is 11.8 Å². The molecule has 1 aromatic rings. The molecule has 1 aromatic carbocycles. The Bertz CT molecular complexity index is 473. The lowest BCUT2D eigenvalue weighted by Gasteiger charge is -2.22. The zero-order valence-electron chi connectivity index (χ0n) is 10.5. The first-order valence-electron chi connectivity index (χ1n) is 5.97. The van der Waals surface area contributed by atoms with Gasteiger partial charge in [-0.2, -0.15) is 0 Å². The number of amides is 2. The van der Waals surface area contributed by atoms with Gasteiger partial charge in [-0.15, -0.1) is 0 Å². The Labute approximate surface area is 106 Å². The Morgan fingerprint density at radius 1 is 1.50 bits per heavy atom. The van der Waals surface area contributed by atoms with Crippen molar-refractivity contribution >= 4 is 23.4 Å². The van der Waals surface area contributed by atoms with Gasteiger partial charge in [0.25, 0.3) is 0 Å².